The van der Waals surface area contributed by atoms with E-state index in [-0.39, 0.29) is 30.6 Å². The summed E-state index contributed by atoms with van der Waals surface area (Å²) in [6.45, 7) is 5.32. The van der Waals surface area contributed by atoms with E-state index in [1.54, 1.807) is 38.1 Å². The second kappa shape index (κ2) is 42.2. The van der Waals surface area contributed by atoms with Gasteiger partial charge in [-0.2, -0.15) is 0 Å². The molecule has 0 radical (unpaired) electrons. The Hall–Kier alpha value is -10.9. The van der Waals surface area contributed by atoms with E-state index in [1.807, 2.05) is 91.0 Å². The number of ether oxygens (including phenoxy) is 2. The molecule has 0 aromatic carbocycles. The van der Waals surface area contributed by atoms with Crippen LogP contribution in [0.3, 0.4) is 0 Å². The number of aliphatic hydroxyl groups is 4. The van der Waals surface area contributed by atoms with Gasteiger partial charge in [0.25, 0.3) is 0 Å². The molecule has 0 spiro atoms. The van der Waals surface area contributed by atoms with Crippen molar-refractivity contribution in [1.29, 1.82) is 0 Å². The van der Waals surface area contributed by atoms with Crippen molar-refractivity contribution in [3.8, 4) is 57.6 Å². The van der Waals surface area contributed by atoms with Crippen molar-refractivity contribution in [3.63, 3.8) is 0 Å². The van der Waals surface area contributed by atoms with Crippen molar-refractivity contribution < 1.29 is 34.7 Å². The fourth-order valence-electron chi connectivity index (χ4n) is 18.2. The van der Waals surface area contributed by atoms with Crippen LogP contribution in [0.2, 0.25) is 0 Å². The molecule has 650 valence electrons. The van der Waals surface area contributed by atoms with Crippen molar-refractivity contribution >= 4 is 35.0 Å². The molecule has 9 aliphatic carbocycles. The first-order chi connectivity index (χ1) is 60.8. The van der Waals surface area contributed by atoms with E-state index in [0.717, 1.165) is 261 Å². The van der Waals surface area contributed by atoms with Gasteiger partial charge in [0.05, 0.1) is 36.9 Å². The van der Waals surface area contributed by atoms with Gasteiger partial charge < -0.3 is 67.1 Å². The number of β-amino-alcohol motifs (C(OH)–C–C–N with tert-alkyl or cyclic N) is 1. The fraction of sp³-hybridized carbons (Fsp3) is 0.495. The fourth-order valence-corrected chi connectivity index (χ4v) is 18.2. The van der Waals surface area contributed by atoms with Gasteiger partial charge >= 0.3 is 0 Å². The summed E-state index contributed by atoms with van der Waals surface area (Å²) in [5.41, 5.74) is 21.1. The largest absolute Gasteiger partial charge is 0.396 e. The standard InChI is InChI=1S/C21H29N5O2.C19H23N5O.C19H24N4O2.C18H22N4O.C18H20N4O/c1-28-14-16(27)13-26-11-8-15(9-12-26)23-20-17-5-4-7-18(17)24-21(25-20)19-6-2-3-10-22-19;20-18(25)19(9-2-3-10-19)12-22-16-13-6-5-8-14(13)23-17(24-16)15-7-1-4-11-21-15;24-14(12-25-11-13-7-8-13)10-21-18-15-4-3-6-16(15)22-19(23-18)17-5-1-2-9-20-17;23-13-9-7-12(8-10-13)20-17-14-4-3-6-15(14)21-18(22-17)16-5-1-2-11-19-16;23-11-12-7-8-13(10-12)20-17-14-4-3-6-15(14)21-18(22-17)16-5-1-2-9-19-16/h2-3,6,10,15-16,27H,4-5,7-9,11-14H2,1H3,(H,23,24,25);1,4,7,11H,2-3,5-6,8-10,12H2,(H2,20,25)(H,22,23,24);1-2,5,9,13-14,24H,3-4,6-8,10-12H2,(H,21,22,23);1-2,5,11-13,23H,3-4,6-10H2,(H,20,21,22);1-2,5,7-9,12-13,23H,3-4,6,10-11H2,(H,20,21,22)/t;;;;12-,13+/m....0/s1. The first-order valence-electron chi connectivity index (χ1n) is 45.1. The highest BCUT2D eigenvalue weighted by Gasteiger charge is 2.40. The number of likely N-dealkylation sites (tertiary alicyclic amines) is 1. The Morgan fingerprint density at radius 3 is 1.24 bits per heavy atom. The zero-order chi connectivity index (χ0) is 85.0. The second-order valence-electron chi connectivity index (χ2n) is 34.5. The predicted octanol–water partition coefficient (Wildman–Crippen LogP) is 11.7. The van der Waals surface area contributed by atoms with Crippen LogP contribution in [0.25, 0.3) is 57.6 Å². The van der Waals surface area contributed by atoms with E-state index in [2.05, 4.69) is 78.5 Å². The highest BCUT2D eigenvalue weighted by molar-refractivity contribution is 5.82. The topological polar surface area (TPSA) is 399 Å². The van der Waals surface area contributed by atoms with Gasteiger partial charge in [0.1, 0.15) is 57.6 Å². The van der Waals surface area contributed by atoms with Gasteiger partial charge in [-0.1, -0.05) is 55.3 Å². The molecule has 29 heteroatoms. The molecule has 4 fully saturated rings. The smallest absolute Gasteiger partial charge is 0.225 e. The lowest BCUT2D eigenvalue weighted by Gasteiger charge is -2.34. The van der Waals surface area contributed by atoms with E-state index in [1.165, 1.54) is 52.0 Å². The molecule has 10 aromatic rings. The number of fused-ring (bicyclic) bond motifs is 5. The summed E-state index contributed by atoms with van der Waals surface area (Å²) in [5.74, 6) is 8.73. The Morgan fingerprint density at radius 1 is 0.468 bits per heavy atom. The van der Waals surface area contributed by atoms with Crippen LogP contribution < -0.4 is 32.3 Å². The van der Waals surface area contributed by atoms with Gasteiger partial charge in [0.2, 0.25) is 5.91 Å². The number of aliphatic hydroxyl groups excluding tert-OH is 4. The Morgan fingerprint density at radius 2 is 0.863 bits per heavy atom. The molecule has 1 saturated heterocycles. The maximum atomic E-state index is 12.0. The van der Waals surface area contributed by atoms with Crippen LogP contribution in [0.5, 0.6) is 0 Å². The van der Waals surface area contributed by atoms with Gasteiger partial charge in [-0.3, -0.25) is 29.7 Å². The molecular weight excluding hydrogens is 1560 g/mol. The van der Waals surface area contributed by atoms with Crippen LogP contribution in [-0.4, -0.2) is 209 Å². The minimum absolute atomic E-state index is 0.131. The van der Waals surface area contributed by atoms with Crippen LogP contribution >= 0.6 is 0 Å². The third-order valence-corrected chi connectivity index (χ3v) is 25.2. The number of aryl methyl sites for hydroxylation is 5. The number of methoxy groups -OCH3 is 1. The van der Waals surface area contributed by atoms with Gasteiger partial charge in [0.15, 0.2) is 29.1 Å². The minimum atomic E-state index is -0.538. The molecule has 0 bridgehead atoms. The number of anilines is 5. The number of carbonyl (C=O) groups is 1. The maximum absolute atomic E-state index is 12.0. The third kappa shape index (κ3) is 22.6. The Kier molecular flexibility index (Phi) is 29.5. The van der Waals surface area contributed by atoms with Crippen LogP contribution in [-0.2, 0) is 78.5 Å². The van der Waals surface area contributed by atoms with Gasteiger partial charge in [-0.15, -0.1) is 0 Å². The first kappa shape index (κ1) is 86.6. The summed E-state index contributed by atoms with van der Waals surface area (Å²) < 4.78 is 10.6. The van der Waals surface area contributed by atoms with Crippen LogP contribution in [0.15, 0.2) is 134 Å². The van der Waals surface area contributed by atoms with E-state index in [4.69, 9.17) is 55.1 Å². The highest BCUT2D eigenvalue weighted by atomic mass is 16.5. The van der Waals surface area contributed by atoms with Gasteiger partial charge in [0, 0.05) is 164 Å². The molecule has 3 saturated carbocycles. The SMILES string of the molecule is COCC(O)CN1CCC(Nc2nc(-c3ccccn3)nc3c2CCC3)CC1.NC(=O)C1(CNc2nc(-c3ccccn3)nc3c2CCC3)CCCC1.OC(CNc1nc(-c2ccccn2)nc2c1CCC2)COCC1CC1.OC1CCC(Nc2nc(-c3ccccn3)nc3c2CCC3)CC1.OC[C@H]1C=C[C@@H](Nc2nc(-c3ccccn3)nc3c2CCC3)C1. The molecule has 2 unspecified atom stereocenters. The second-order valence-corrected chi connectivity index (χ2v) is 34.5. The molecule has 20 rings (SSSR count). The lowest BCUT2D eigenvalue weighted by Crippen LogP contribution is -2.43. The quantitative estimate of drug-likeness (QED) is 0.0214. The van der Waals surface area contributed by atoms with E-state index >= 15 is 0 Å². The summed E-state index contributed by atoms with van der Waals surface area (Å²) in [4.78, 5) is 83.6. The first-order valence-corrected chi connectivity index (χ1v) is 45.1. The van der Waals surface area contributed by atoms with Crippen molar-refractivity contribution in [2.45, 2.75) is 216 Å². The lowest BCUT2D eigenvalue weighted by atomic mass is 9.85. The average molecular weight is 1680 g/mol. The highest BCUT2D eigenvalue weighted by Crippen LogP contribution is 2.41. The molecule has 11 N–H and O–H groups in total. The number of hydrogen-bond acceptors (Lipinski definition) is 28. The average Bonchev–Trinajstić information content (AvgIpc) is 1.63. The van der Waals surface area contributed by atoms with Gasteiger partial charge in [-0.25, -0.2) is 49.8 Å². The number of primary amides is 1. The number of rotatable bonds is 27. The van der Waals surface area contributed by atoms with Crippen LogP contribution in [0.1, 0.15) is 172 Å². The molecule has 1 aliphatic heterocycles. The Bertz CT molecular complexity index is 5180. The summed E-state index contributed by atoms with van der Waals surface area (Å²) in [5, 5.41) is 56.6. The number of pyridine rings is 5. The number of carbonyl (C=O) groups excluding carboxylic acids is 1. The van der Waals surface area contributed by atoms with Gasteiger partial charge in [-0.05, 0) is 234 Å². The van der Waals surface area contributed by atoms with E-state index in [9.17, 15) is 25.2 Å². The zero-order valence-corrected chi connectivity index (χ0v) is 71.2. The maximum Gasteiger partial charge on any atom is 0.225 e. The van der Waals surface area contributed by atoms with Crippen LogP contribution in [0.4, 0.5) is 29.1 Å². The number of piperidine rings is 1. The Balaban J connectivity index is 0.000000115. The van der Waals surface area contributed by atoms with E-state index in [0.29, 0.717) is 80.0 Å². The number of nitrogens with two attached hydrogens (primary N) is 1. The lowest BCUT2D eigenvalue weighted by molar-refractivity contribution is -0.126. The van der Waals surface area contributed by atoms with Crippen molar-refractivity contribution in [2.75, 3.05) is 92.8 Å². The molecule has 10 aromatic heterocycles. The summed E-state index contributed by atoms with van der Waals surface area (Å²) in [6, 6.07) is 30.0. The van der Waals surface area contributed by atoms with Crippen molar-refractivity contribution in [3.05, 3.63) is 190 Å². The molecule has 29 nitrogen and oxygen atoms in total. The molecule has 1 amide bonds. The molecule has 124 heavy (non-hydrogen) atoms. The molecule has 11 heterocycles. The number of amides is 1. The number of aromatic nitrogens is 15. The molecule has 10 aliphatic rings. The molecule has 4 atom stereocenters. The number of nitrogens with zero attached hydrogens (tertiary/aromatic N) is 16. The summed E-state index contributed by atoms with van der Waals surface area (Å²) in [7, 11) is 1.62. The minimum Gasteiger partial charge on any atom is -0.396 e. The summed E-state index contributed by atoms with van der Waals surface area (Å²) >= 11 is 0. The summed E-state index contributed by atoms with van der Waals surface area (Å²) in [6.07, 6.45) is 40.7. The normalized spacial score (nSPS) is 19.9. The molecular formula is C95H118N22O7. The third-order valence-electron chi connectivity index (χ3n) is 25.2. The van der Waals surface area contributed by atoms with Crippen molar-refractivity contribution in [2.24, 2.45) is 23.0 Å². The number of hydrogen-bond donors (Lipinski definition) is 10. The number of nitrogens with one attached hydrogen (secondary N) is 5. The monoisotopic (exact) mass is 1680 g/mol. The Labute approximate surface area is 725 Å². The zero-order valence-electron chi connectivity index (χ0n) is 71.2. The van der Waals surface area contributed by atoms with Crippen molar-refractivity contribution in [1.82, 2.24) is 79.7 Å². The van der Waals surface area contributed by atoms with Crippen LogP contribution in [0, 0.1) is 17.3 Å². The van der Waals surface area contributed by atoms with E-state index < -0.39 is 17.6 Å². The predicted molar refractivity (Wildman–Crippen MR) is 478 cm³/mol.